The molecule has 0 unspecified atom stereocenters. The maximum Gasteiger partial charge on any atom is 0.408 e. The third-order valence-corrected chi connectivity index (χ3v) is 5.44. The van der Waals surface area contributed by atoms with Gasteiger partial charge in [-0.05, 0) is 43.0 Å². The van der Waals surface area contributed by atoms with Crippen molar-refractivity contribution in [1.82, 2.24) is 16.0 Å². The summed E-state index contributed by atoms with van der Waals surface area (Å²) in [5.41, 5.74) is 3.94. The summed E-state index contributed by atoms with van der Waals surface area (Å²) in [6.07, 6.45) is -1.24. The first-order chi connectivity index (χ1) is 16.7. The summed E-state index contributed by atoms with van der Waals surface area (Å²) in [4.78, 5) is 36.2. The predicted molar refractivity (Wildman–Crippen MR) is 131 cm³/mol. The van der Waals surface area contributed by atoms with Crippen LogP contribution in [0.5, 0.6) is 0 Å². The van der Waals surface area contributed by atoms with E-state index in [0.29, 0.717) is 6.54 Å². The summed E-state index contributed by atoms with van der Waals surface area (Å²) in [5, 5.41) is 8.18. The van der Waals surface area contributed by atoms with Crippen LogP contribution < -0.4 is 16.0 Å². The van der Waals surface area contributed by atoms with Crippen molar-refractivity contribution >= 4 is 18.2 Å². The van der Waals surface area contributed by atoms with Gasteiger partial charge in [0.05, 0.1) is 7.11 Å². The van der Waals surface area contributed by atoms with Crippen molar-refractivity contribution < 1.29 is 28.6 Å². The Morgan fingerprint density at radius 1 is 0.914 bits per heavy atom. The van der Waals surface area contributed by atoms with Crippen LogP contribution in [0.4, 0.5) is 9.59 Å². The fourth-order valence-corrected chi connectivity index (χ4v) is 3.93. The lowest BCUT2D eigenvalue weighted by Gasteiger charge is -2.22. The van der Waals surface area contributed by atoms with Crippen molar-refractivity contribution in [3.63, 3.8) is 0 Å². The van der Waals surface area contributed by atoms with Crippen LogP contribution in [0, 0.1) is 0 Å². The molecule has 35 heavy (non-hydrogen) atoms. The van der Waals surface area contributed by atoms with Gasteiger partial charge in [-0.3, -0.25) is 0 Å². The van der Waals surface area contributed by atoms with E-state index in [1.807, 2.05) is 24.3 Å². The summed E-state index contributed by atoms with van der Waals surface area (Å²) in [5.74, 6) is -0.612. The number of methoxy groups -OCH3 is 1. The number of fused-ring (bicyclic) bond motifs is 3. The average molecular weight is 484 g/mol. The second-order valence-electron chi connectivity index (χ2n) is 9.18. The summed E-state index contributed by atoms with van der Waals surface area (Å²) >= 11 is 0. The Morgan fingerprint density at radius 2 is 1.51 bits per heavy atom. The highest BCUT2D eigenvalue weighted by molar-refractivity contribution is 5.81. The Labute approximate surface area is 205 Å². The lowest BCUT2D eigenvalue weighted by molar-refractivity contribution is -0.143. The molecule has 2 aromatic carbocycles. The Kier molecular flexibility index (Phi) is 8.70. The highest BCUT2D eigenvalue weighted by atomic mass is 16.6. The molecule has 1 aliphatic carbocycles. The molecule has 0 saturated heterocycles. The molecule has 0 bridgehead atoms. The van der Waals surface area contributed by atoms with Gasteiger partial charge in [-0.15, -0.1) is 0 Å². The topological polar surface area (TPSA) is 115 Å². The van der Waals surface area contributed by atoms with Gasteiger partial charge in [0, 0.05) is 25.6 Å². The Morgan fingerprint density at radius 3 is 2.09 bits per heavy atom. The number of hydrogen-bond donors (Lipinski definition) is 3. The van der Waals surface area contributed by atoms with E-state index in [1.54, 1.807) is 20.8 Å². The monoisotopic (exact) mass is 483 g/mol. The number of carbonyl (C=O) groups is 3. The van der Waals surface area contributed by atoms with Crippen LogP contribution in [-0.2, 0) is 19.0 Å². The zero-order valence-corrected chi connectivity index (χ0v) is 20.6. The first-order valence-corrected chi connectivity index (χ1v) is 11.6. The minimum atomic E-state index is -0.927. The fraction of sp³-hybridized carbons (Fsp3) is 0.423. The Hall–Kier alpha value is -3.59. The van der Waals surface area contributed by atoms with Gasteiger partial charge in [-0.2, -0.15) is 0 Å². The van der Waals surface area contributed by atoms with Gasteiger partial charge in [-0.25, -0.2) is 14.4 Å². The molecule has 0 saturated carbocycles. The third-order valence-electron chi connectivity index (χ3n) is 5.44. The molecule has 3 rings (SSSR count). The minimum Gasteiger partial charge on any atom is -0.467 e. The number of rotatable bonds is 9. The standard InChI is InChI=1S/C26H33N3O6/c1-26(2,3)35-25(32)29-22(23(30)33-4)15-27-13-14-28-24(31)34-16-21-19-11-7-5-9-17(19)18-10-6-8-12-20(18)21/h5-12,21-22,27H,13-16H2,1-4H3,(H,28,31)(H,29,32)/t22-/m1/s1. The number of ether oxygens (including phenoxy) is 3. The van der Waals surface area contributed by atoms with Gasteiger partial charge < -0.3 is 30.2 Å². The van der Waals surface area contributed by atoms with E-state index < -0.39 is 29.8 Å². The number of alkyl carbamates (subject to hydrolysis) is 2. The van der Waals surface area contributed by atoms with Gasteiger partial charge in [0.15, 0.2) is 0 Å². The van der Waals surface area contributed by atoms with Crippen molar-refractivity contribution in [3.05, 3.63) is 59.7 Å². The van der Waals surface area contributed by atoms with Gasteiger partial charge in [0.2, 0.25) is 0 Å². The van der Waals surface area contributed by atoms with Gasteiger partial charge in [-0.1, -0.05) is 48.5 Å². The number of esters is 1. The number of carbonyl (C=O) groups excluding carboxylic acids is 3. The van der Waals surface area contributed by atoms with Crippen molar-refractivity contribution in [2.45, 2.75) is 38.3 Å². The molecule has 188 valence electrons. The highest BCUT2D eigenvalue weighted by Gasteiger charge is 2.29. The Balaban J connectivity index is 1.41. The first-order valence-electron chi connectivity index (χ1n) is 11.6. The fourth-order valence-electron chi connectivity index (χ4n) is 3.93. The van der Waals surface area contributed by atoms with E-state index in [-0.39, 0.29) is 25.6 Å². The molecule has 3 N–H and O–H groups in total. The average Bonchev–Trinajstić information content (AvgIpc) is 3.14. The molecule has 0 aliphatic heterocycles. The number of nitrogens with one attached hydrogen (secondary N) is 3. The molecule has 0 aromatic heterocycles. The van der Waals surface area contributed by atoms with E-state index >= 15 is 0 Å². The molecule has 1 atom stereocenters. The molecule has 0 spiro atoms. The van der Waals surface area contributed by atoms with E-state index in [4.69, 9.17) is 14.2 Å². The van der Waals surface area contributed by atoms with E-state index in [9.17, 15) is 14.4 Å². The first kappa shape index (κ1) is 26.0. The molecule has 1 aliphatic rings. The number of benzene rings is 2. The zero-order chi connectivity index (χ0) is 25.4. The highest BCUT2D eigenvalue weighted by Crippen LogP contribution is 2.44. The molecule has 0 radical (unpaired) electrons. The van der Waals surface area contributed by atoms with Crippen LogP contribution in [0.25, 0.3) is 11.1 Å². The van der Waals surface area contributed by atoms with E-state index in [0.717, 1.165) is 11.1 Å². The smallest absolute Gasteiger partial charge is 0.408 e. The van der Waals surface area contributed by atoms with Gasteiger partial charge in [0.1, 0.15) is 18.2 Å². The molecule has 2 aromatic rings. The van der Waals surface area contributed by atoms with E-state index in [2.05, 4.69) is 40.2 Å². The van der Waals surface area contributed by atoms with Crippen LogP contribution in [0.2, 0.25) is 0 Å². The second-order valence-corrected chi connectivity index (χ2v) is 9.18. The Bertz CT molecular complexity index is 1000. The molecule has 2 amide bonds. The number of hydrogen-bond acceptors (Lipinski definition) is 7. The van der Waals surface area contributed by atoms with Crippen molar-refractivity contribution in [2.75, 3.05) is 33.4 Å². The predicted octanol–water partition coefficient (Wildman–Crippen LogP) is 3.18. The van der Waals surface area contributed by atoms with Crippen molar-refractivity contribution in [2.24, 2.45) is 0 Å². The lowest BCUT2D eigenvalue weighted by atomic mass is 9.98. The molecule has 9 nitrogen and oxygen atoms in total. The quantitative estimate of drug-likeness (QED) is 0.285. The van der Waals surface area contributed by atoms with E-state index in [1.165, 1.54) is 18.2 Å². The minimum absolute atomic E-state index is 0.00832. The summed E-state index contributed by atoms with van der Waals surface area (Å²) < 4.78 is 15.4. The van der Waals surface area contributed by atoms with Gasteiger partial charge >= 0.3 is 18.2 Å². The largest absolute Gasteiger partial charge is 0.467 e. The third kappa shape index (κ3) is 7.19. The van der Waals surface area contributed by atoms with Crippen molar-refractivity contribution in [1.29, 1.82) is 0 Å². The number of amides is 2. The molecular weight excluding hydrogens is 450 g/mol. The van der Waals surface area contributed by atoms with Crippen LogP contribution in [0.15, 0.2) is 48.5 Å². The second kappa shape index (κ2) is 11.7. The summed E-state index contributed by atoms with van der Waals surface area (Å²) in [6, 6.07) is 15.4. The summed E-state index contributed by atoms with van der Waals surface area (Å²) in [7, 11) is 1.24. The van der Waals surface area contributed by atoms with Crippen LogP contribution in [0.3, 0.4) is 0 Å². The zero-order valence-electron chi connectivity index (χ0n) is 20.6. The lowest BCUT2D eigenvalue weighted by Crippen LogP contribution is -2.50. The summed E-state index contributed by atoms with van der Waals surface area (Å²) in [6.45, 7) is 6.16. The molecule has 9 heteroatoms. The maximum atomic E-state index is 12.2. The van der Waals surface area contributed by atoms with Crippen LogP contribution in [0.1, 0.15) is 37.8 Å². The molecule has 0 heterocycles. The van der Waals surface area contributed by atoms with Gasteiger partial charge in [0.25, 0.3) is 0 Å². The SMILES string of the molecule is COC(=O)[C@@H](CNCCNC(=O)OCC1c2ccccc2-c2ccccc21)NC(=O)OC(C)(C)C. The normalized spacial score (nSPS) is 13.3. The van der Waals surface area contributed by atoms with Crippen LogP contribution >= 0.6 is 0 Å². The maximum absolute atomic E-state index is 12.2. The van der Waals surface area contributed by atoms with Crippen molar-refractivity contribution in [3.8, 4) is 11.1 Å². The molecule has 0 fully saturated rings. The van der Waals surface area contributed by atoms with Crippen LogP contribution in [-0.4, -0.2) is 63.1 Å². The molecular formula is C26H33N3O6.